The first-order valence-corrected chi connectivity index (χ1v) is 8.69. The quantitative estimate of drug-likeness (QED) is 0.524. The molecule has 1 aromatic heterocycles. The summed E-state index contributed by atoms with van der Waals surface area (Å²) >= 11 is 0. The molecule has 6 nitrogen and oxygen atoms in total. The molecule has 4 rings (SSSR count). The molecule has 0 atom stereocenters. The maximum absolute atomic E-state index is 11.3. The summed E-state index contributed by atoms with van der Waals surface area (Å²) in [5, 5.41) is 11.9. The van der Waals surface area contributed by atoms with E-state index in [4.69, 9.17) is 4.74 Å². The minimum atomic E-state index is -0.354. The van der Waals surface area contributed by atoms with Crippen molar-refractivity contribution in [3.05, 3.63) is 69.9 Å². The Labute approximate surface area is 151 Å². The maximum atomic E-state index is 11.3. The van der Waals surface area contributed by atoms with E-state index in [0.717, 1.165) is 30.9 Å². The summed E-state index contributed by atoms with van der Waals surface area (Å²) in [7, 11) is 0. The number of pyridine rings is 1. The van der Waals surface area contributed by atoms with Gasteiger partial charge in [0.25, 0.3) is 5.69 Å². The van der Waals surface area contributed by atoms with Gasteiger partial charge in [0.15, 0.2) is 0 Å². The number of ether oxygens (including phenoxy) is 1. The van der Waals surface area contributed by atoms with Gasteiger partial charge in [0.1, 0.15) is 11.3 Å². The van der Waals surface area contributed by atoms with E-state index in [0.29, 0.717) is 17.5 Å². The molecule has 0 saturated carbocycles. The Kier molecular flexibility index (Phi) is 4.16. The number of nitro benzene ring substituents is 1. The third-order valence-electron chi connectivity index (χ3n) is 4.76. The molecule has 26 heavy (non-hydrogen) atoms. The number of non-ortho nitro benzene ring substituents is 1. The fourth-order valence-electron chi connectivity index (χ4n) is 3.55. The smallest absolute Gasteiger partial charge is 0.278 e. The minimum absolute atomic E-state index is 0.0906. The first-order valence-electron chi connectivity index (χ1n) is 8.69. The lowest BCUT2D eigenvalue weighted by molar-refractivity contribution is -0.383. The lowest BCUT2D eigenvalue weighted by Crippen LogP contribution is -2.30. The molecule has 0 bridgehead atoms. The number of rotatable bonds is 4. The molecule has 1 aliphatic heterocycles. The van der Waals surface area contributed by atoms with Gasteiger partial charge in [-0.15, -0.1) is 0 Å². The zero-order chi connectivity index (χ0) is 18.1. The monoisotopic (exact) mass is 349 g/mol. The number of hydrogen-bond donors (Lipinski definition) is 0. The SMILES string of the molecule is CCOc1ccc2c(c1)CN(c1ccc([N+](=O)[O-])c3cccnc13)CC2. The molecule has 0 spiro atoms. The second kappa shape index (κ2) is 6.63. The Morgan fingerprint density at radius 1 is 1.23 bits per heavy atom. The van der Waals surface area contributed by atoms with Gasteiger partial charge < -0.3 is 9.64 Å². The molecule has 132 valence electrons. The van der Waals surface area contributed by atoms with Crippen molar-refractivity contribution in [2.24, 2.45) is 0 Å². The van der Waals surface area contributed by atoms with E-state index < -0.39 is 0 Å². The highest BCUT2D eigenvalue weighted by Crippen LogP contribution is 2.35. The van der Waals surface area contributed by atoms with Crippen LogP contribution in [0.1, 0.15) is 18.1 Å². The minimum Gasteiger partial charge on any atom is -0.494 e. The molecule has 2 aromatic carbocycles. The fraction of sp³-hybridized carbons (Fsp3) is 0.250. The van der Waals surface area contributed by atoms with Gasteiger partial charge >= 0.3 is 0 Å². The fourth-order valence-corrected chi connectivity index (χ4v) is 3.55. The molecule has 2 heterocycles. The van der Waals surface area contributed by atoms with Crippen molar-refractivity contribution >= 4 is 22.3 Å². The van der Waals surface area contributed by atoms with Crippen LogP contribution >= 0.6 is 0 Å². The second-order valence-electron chi connectivity index (χ2n) is 6.30. The van der Waals surface area contributed by atoms with Gasteiger partial charge in [-0.1, -0.05) is 6.07 Å². The van der Waals surface area contributed by atoms with Crippen molar-refractivity contribution < 1.29 is 9.66 Å². The predicted molar refractivity (Wildman–Crippen MR) is 101 cm³/mol. The molecular weight excluding hydrogens is 330 g/mol. The lowest BCUT2D eigenvalue weighted by Gasteiger charge is -2.31. The summed E-state index contributed by atoms with van der Waals surface area (Å²) in [5.74, 6) is 0.875. The van der Waals surface area contributed by atoms with Crippen LogP contribution in [0.5, 0.6) is 5.75 Å². The van der Waals surface area contributed by atoms with E-state index in [1.807, 2.05) is 19.1 Å². The highest BCUT2D eigenvalue weighted by Gasteiger charge is 2.22. The van der Waals surface area contributed by atoms with Crippen LogP contribution in [0.15, 0.2) is 48.7 Å². The van der Waals surface area contributed by atoms with Gasteiger partial charge in [-0.2, -0.15) is 0 Å². The zero-order valence-electron chi connectivity index (χ0n) is 14.5. The van der Waals surface area contributed by atoms with Gasteiger partial charge in [-0.3, -0.25) is 15.1 Å². The summed E-state index contributed by atoms with van der Waals surface area (Å²) < 4.78 is 5.62. The second-order valence-corrected chi connectivity index (χ2v) is 6.30. The van der Waals surface area contributed by atoms with Crippen molar-refractivity contribution in [1.82, 2.24) is 4.98 Å². The van der Waals surface area contributed by atoms with Gasteiger partial charge in [-0.05, 0) is 54.8 Å². The average Bonchev–Trinajstić information content (AvgIpc) is 2.66. The molecule has 0 radical (unpaired) electrons. The van der Waals surface area contributed by atoms with E-state index in [1.165, 1.54) is 11.1 Å². The van der Waals surface area contributed by atoms with Crippen LogP contribution in [-0.4, -0.2) is 23.1 Å². The number of nitrogens with zero attached hydrogens (tertiary/aromatic N) is 3. The third kappa shape index (κ3) is 2.83. The summed E-state index contributed by atoms with van der Waals surface area (Å²) in [5.41, 5.74) is 4.24. The standard InChI is InChI=1S/C20H19N3O3/c1-2-26-16-6-5-14-9-11-22(13-15(14)12-16)19-8-7-18(23(24)25)17-4-3-10-21-20(17)19/h3-8,10,12H,2,9,11,13H2,1H3. The van der Waals surface area contributed by atoms with Gasteiger partial charge in [-0.25, -0.2) is 0 Å². The van der Waals surface area contributed by atoms with Crippen molar-refractivity contribution in [3.63, 3.8) is 0 Å². The van der Waals surface area contributed by atoms with Crippen LogP contribution in [0.25, 0.3) is 10.9 Å². The predicted octanol–water partition coefficient (Wildman–Crippen LogP) is 4.10. The largest absolute Gasteiger partial charge is 0.494 e. The Morgan fingerprint density at radius 3 is 2.92 bits per heavy atom. The Morgan fingerprint density at radius 2 is 2.12 bits per heavy atom. The van der Waals surface area contributed by atoms with E-state index in [9.17, 15) is 10.1 Å². The highest BCUT2D eigenvalue weighted by molar-refractivity contribution is 5.97. The van der Waals surface area contributed by atoms with E-state index in [-0.39, 0.29) is 10.6 Å². The van der Waals surface area contributed by atoms with E-state index in [2.05, 4.69) is 22.0 Å². The van der Waals surface area contributed by atoms with Gasteiger partial charge in [0.05, 0.1) is 22.6 Å². The molecule has 0 aliphatic carbocycles. The summed E-state index contributed by atoms with van der Waals surface area (Å²) in [4.78, 5) is 17.6. The van der Waals surface area contributed by atoms with Crippen molar-refractivity contribution in [1.29, 1.82) is 0 Å². The van der Waals surface area contributed by atoms with Crippen molar-refractivity contribution in [2.45, 2.75) is 19.9 Å². The van der Waals surface area contributed by atoms with Gasteiger partial charge in [0.2, 0.25) is 0 Å². The molecule has 0 unspecified atom stereocenters. The topological polar surface area (TPSA) is 68.5 Å². The van der Waals surface area contributed by atoms with Crippen LogP contribution < -0.4 is 9.64 Å². The molecular formula is C20H19N3O3. The summed E-state index contributed by atoms with van der Waals surface area (Å²) in [6, 6.07) is 13.1. The zero-order valence-corrected chi connectivity index (χ0v) is 14.5. The molecule has 0 N–H and O–H groups in total. The molecule has 6 heteroatoms. The van der Waals surface area contributed by atoms with Crippen molar-refractivity contribution in [2.75, 3.05) is 18.1 Å². The Bertz CT molecular complexity index is 987. The Balaban J connectivity index is 1.74. The normalized spacial score (nSPS) is 13.5. The summed E-state index contributed by atoms with van der Waals surface area (Å²) in [6.45, 7) is 4.20. The van der Waals surface area contributed by atoms with Crippen LogP contribution in [-0.2, 0) is 13.0 Å². The molecule has 3 aromatic rings. The molecule has 0 amide bonds. The maximum Gasteiger partial charge on any atom is 0.278 e. The van der Waals surface area contributed by atoms with Crippen LogP contribution in [0.2, 0.25) is 0 Å². The van der Waals surface area contributed by atoms with Crippen LogP contribution in [0.3, 0.4) is 0 Å². The summed E-state index contributed by atoms with van der Waals surface area (Å²) in [6.07, 6.45) is 2.60. The van der Waals surface area contributed by atoms with Crippen molar-refractivity contribution in [3.8, 4) is 5.75 Å². The van der Waals surface area contributed by atoms with Gasteiger partial charge in [0, 0.05) is 25.4 Å². The van der Waals surface area contributed by atoms with E-state index in [1.54, 1.807) is 24.4 Å². The van der Waals surface area contributed by atoms with Crippen LogP contribution in [0, 0.1) is 10.1 Å². The molecule has 1 aliphatic rings. The number of hydrogen-bond acceptors (Lipinski definition) is 5. The molecule has 0 saturated heterocycles. The number of benzene rings is 2. The van der Waals surface area contributed by atoms with E-state index >= 15 is 0 Å². The number of fused-ring (bicyclic) bond motifs is 2. The first kappa shape index (κ1) is 16.3. The first-order chi connectivity index (χ1) is 12.7. The number of aromatic nitrogens is 1. The highest BCUT2D eigenvalue weighted by atomic mass is 16.6. The van der Waals surface area contributed by atoms with Crippen LogP contribution in [0.4, 0.5) is 11.4 Å². The third-order valence-corrected chi connectivity index (χ3v) is 4.76. The lowest BCUT2D eigenvalue weighted by atomic mass is 9.98. The Hall–Kier alpha value is -3.15. The average molecular weight is 349 g/mol. The molecule has 0 fully saturated rings. The number of nitro groups is 1. The number of anilines is 1.